The Bertz CT molecular complexity index is 644. The second kappa shape index (κ2) is 4.38. The normalized spacial score (nSPS) is 10.7. The molecule has 2 heterocycles. The molecule has 0 saturated carbocycles. The highest BCUT2D eigenvalue weighted by molar-refractivity contribution is 5.53. The average Bonchev–Trinajstić information content (AvgIpc) is 3.08. The first kappa shape index (κ1) is 10.6. The molecular weight excluding hydrogens is 232 g/mol. The highest BCUT2D eigenvalue weighted by atomic mass is 16.4. The van der Waals surface area contributed by atoms with Crippen LogP contribution in [0.1, 0.15) is 5.69 Å². The Labute approximate surface area is 102 Å². The fourth-order valence-electron chi connectivity index (χ4n) is 1.48. The van der Waals surface area contributed by atoms with E-state index in [4.69, 9.17) is 10.2 Å². The van der Waals surface area contributed by atoms with Gasteiger partial charge in [0.2, 0.25) is 5.82 Å². The van der Waals surface area contributed by atoms with E-state index in [1.54, 1.807) is 0 Å². The Morgan fingerprint density at radius 1 is 1.22 bits per heavy atom. The number of hydrogen-bond acceptors (Lipinski definition) is 6. The molecule has 0 spiro atoms. The minimum absolute atomic E-state index is 0.255. The maximum atomic E-state index is 5.45. The lowest BCUT2D eigenvalue weighted by Gasteiger charge is -1.91. The summed E-state index contributed by atoms with van der Waals surface area (Å²) in [5.41, 5.74) is 6.98. The van der Waals surface area contributed by atoms with Crippen LogP contribution in [-0.2, 0) is 6.54 Å². The zero-order valence-corrected chi connectivity index (χ0v) is 9.39. The quantitative estimate of drug-likeness (QED) is 0.729. The molecule has 2 aromatic heterocycles. The second-order valence-electron chi connectivity index (χ2n) is 3.59. The van der Waals surface area contributed by atoms with Crippen molar-refractivity contribution in [2.75, 3.05) is 0 Å². The summed E-state index contributed by atoms with van der Waals surface area (Å²) in [7, 11) is 0. The minimum atomic E-state index is 0.255. The Morgan fingerprint density at radius 2 is 2.06 bits per heavy atom. The van der Waals surface area contributed by atoms with Crippen molar-refractivity contribution in [2.24, 2.45) is 5.73 Å². The molecule has 18 heavy (non-hydrogen) atoms. The summed E-state index contributed by atoms with van der Waals surface area (Å²) >= 11 is 0. The summed E-state index contributed by atoms with van der Waals surface area (Å²) in [6.07, 6.45) is 1.47. The van der Waals surface area contributed by atoms with Crippen LogP contribution < -0.4 is 5.73 Å². The largest absolute Gasteiger partial charge is 0.429 e. The number of aromatic nitrogens is 5. The van der Waals surface area contributed by atoms with Gasteiger partial charge in [0.1, 0.15) is 6.26 Å². The summed E-state index contributed by atoms with van der Waals surface area (Å²) in [5, 5.41) is 12.0. The third kappa shape index (κ3) is 1.87. The number of benzene rings is 1. The zero-order chi connectivity index (χ0) is 12.4. The Hall–Kier alpha value is -2.54. The summed E-state index contributed by atoms with van der Waals surface area (Å²) in [4.78, 5) is 5.35. The molecule has 3 aromatic rings. The fourth-order valence-corrected chi connectivity index (χ4v) is 1.48. The van der Waals surface area contributed by atoms with Crippen LogP contribution >= 0.6 is 0 Å². The van der Waals surface area contributed by atoms with Crippen LogP contribution in [0.3, 0.4) is 0 Å². The molecule has 0 bridgehead atoms. The van der Waals surface area contributed by atoms with Gasteiger partial charge in [-0.25, -0.2) is 0 Å². The standard InChI is InChI=1S/C11H10N6O/c12-6-9-7-18-11(13-9)17-15-10(14-16-17)8-4-2-1-3-5-8/h1-5,7H,6,12H2. The van der Waals surface area contributed by atoms with E-state index < -0.39 is 0 Å². The van der Waals surface area contributed by atoms with Gasteiger partial charge in [-0.1, -0.05) is 35.1 Å². The lowest BCUT2D eigenvalue weighted by molar-refractivity contribution is 0.481. The van der Waals surface area contributed by atoms with E-state index in [1.165, 1.54) is 11.1 Å². The summed E-state index contributed by atoms with van der Waals surface area (Å²) in [6, 6.07) is 9.81. The van der Waals surface area contributed by atoms with E-state index in [0.29, 0.717) is 18.1 Å². The van der Waals surface area contributed by atoms with E-state index in [1.807, 2.05) is 30.3 Å². The lowest BCUT2D eigenvalue weighted by Crippen LogP contribution is -2.01. The Morgan fingerprint density at radius 3 is 2.78 bits per heavy atom. The van der Waals surface area contributed by atoms with Gasteiger partial charge in [-0.3, -0.25) is 0 Å². The highest BCUT2D eigenvalue weighted by Crippen LogP contribution is 2.13. The van der Waals surface area contributed by atoms with Gasteiger partial charge in [-0.15, -0.1) is 10.2 Å². The third-order valence-corrected chi connectivity index (χ3v) is 2.37. The molecule has 2 N–H and O–H groups in total. The smallest absolute Gasteiger partial charge is 0.342 e. The first-order valence-corrected chi connectivity index (χ1v) is 5.37. The van der Waals surface area contributed by atoms with E-state index in [0.717, 1.165) is 5.56 Å². The van der Waals surface area contributed by atoms with Crippen LogP contribution in [0.15, 0.2) is 41.0 Å². The van der Waals surface area contributed by atoms with Crippen LogP contribution in [0, 0.1) is 0 Å². The average molecular weight is 242 g/mol. The Balaban J connectivity index is 1.94. The van der Waals surface area contributed by atoms with Crippen molar-refractivity contribution < 1.29 is 4.42 Å². The van der Waals surface area contributed by atoms with Crippen LogP contribution in [0.2, 0.25) is 0 Å². The predicted octanol–water partition coefficient (Wildman–Crippen LogP) is 0.776. The molecule has 0 fully saturated rings. The number of oxazole rings is 1. The molecule has 90 valence electrons. The first-order chi connectivity index (χ1) is 8.86. The van der Waals surface area contributed by atoms with E-state index in [-0.39, 0.29) is 6.01 Å². The molecule has 7 nitrogen and oxygen atoms in total. The van der Waals surface area contributed by atoms with Crippen molar-refractivity contribution >= 4 is 0 Å². The van der Waals surface area contributed by atoms with Gasteiger partial charge in [-0.05, 0) is 5.21 Å². The SMILES string of the molecule is NCc1coc(-n2nnc(-c3ccccc3)n2)n1. The number of nitrogens with zero attached hydrogens (tertiary/aromatic N) is 5. The van der Waals surface area contributed by atoms with Gasteiger partial charge >= 0.3 is 6.01 Å². The summed E-state index contributed by atoms with van der Waals surface area (Å²) in [6.45, 7) is 0.309. The minimum Gasteiger partial charge on any atom is -0.429 e. The van der Waals surface area contributed by atoms with Gasteiger partial charge < -0.3 is 10.2 Å². The van der Waals surface area contributed by atoms with Crippen molar-refractivity contribution in [1.29, 1.82) is 0 Å². The van der Waals surface area contributed by atoms with Crippen LogP contribution in [0.4, 0.5) is 0 Å². The molecule has 0 unspecified atom stereocenters. The molecule has 7 heteroatoms. The molecule has 0 aliphatic carbocycles. The molecule has 0 amide bonds. The first-order valence-electron chi connectivity index (χ1n) is 5.37. The van der Waals surface area contributed by atoms with Crippen LogP contribution in [0.25, 0.3) is 17.4 Å². The number of nitrogens with two attached hydrogens (primary N) is 1. The van der Waals surface area contributed by atoms with E-state index in [9.17, 15) is 0 Å². The van der Waals surface area contributed by atoms with Gasteiger partial charge in [-0.2, -0.15) is 4.98 Å². The molecule has 0 aliphatic heterocycles. The molecule has 0 aliphatic rings. The van der Waals surface area contributed by atoms with Gasteiger partial charge in [0.25, 0.3) is 0 Å². The maximum Gasteiger partial charge on any atom is 0.342 e. The van der Waals surface area contributed by atoms with Gasteiger partial charge in [0, 0.05) is 12.1 Å². The molecule has 0 saturated heterocycles. The third-order valence-electron chi connectivity index (χ3n) is 2.37. The lowest BCUT2D eigenvalue weighted by atomic mass is 10.2. The molecule has 1 aromatic carbocycles. The van der Waals surface area contributed by atoms with Gasteiger partial charge in [0.15, 0.2) is 0 Å². The summed E-state index contributed by atoms with van der Waals surface area (Å²) < 4.78 is 5.20. The number of hydrogen-bond donors (Lipinski definition) is 1. The van der Waals surface area contributed by atoms with Crippen molar-refractivity contribution in [3.05, 3.63) is 42.3 Å². The van der Waals surface area contributed by atoms with Crippen molar-refractivity contribution in [2.45, 2.75) is 6.54 Å². The molecule has 0 atom stereocenters. The van der Waals surface area contributed by atoms with Crippen LogP contribution in [-0.4, -0.2) is 25.2 Å². The van der Waals surface area contributed by atoms with E-state index in [2.05, 4.69) is 20.4 Å². The van der Waals surface area contributed by atoms with Crippen molar-refractivity contribution in [3.8, 4) is 17.4 Å². The highest BCUT2D eigenvalue weighted by Gasteiger charge is 2.11. The second-order valence-corrected chi connectivity index (χ2v) is 3.59. The summed E-state index contributed by atoms with van der Waals surface area (Å²) in [5.74, 6) is 0.517. The fraction of sp³-hybridized carbons (Fsp3) is 0.0909. The molecular formula is C11H10N6O. The van der Waals surface area contributed by atoms with Gasteiger partial charge in [0.05, 0.1) is 5.69 Å². The molecule has 3 rings (SSSR count). The van der Waals surface area contributed by atoms with E-state index >= 15 is 0 Å². The maximum absolute atomic E-state index is 5.45. The Kier molecular flexibility index (Phi) is 2.58. The monoisotopic (exact) mass is 242 g/mol. The van der Waals surface area contributed by atoms with Crippen molar-refractivity contribution in [1.82, 2.24) is 25.2 Å². The molecule has 0 radical (unpaired) electrons. The number of tetrazole rings is 1. The van der Waals surface area contributed by atoms with Crippen LogP contribution in [0.5, 0.6) is 0 Å². The number of rotatable bonds is 3. The zero-order valence-electron chi connectivity index (χ0n) is 9.39. The topological polar surface area (TPSA) is 95.7 Å². The van der Waals surface area contributed by atoms with Crippen molar-refractivity contribution in [3.63, 3.8) is 0 Å². The predicted molar refractivity (Wildman–Crippen MR) is 62.5 cm³/mol.